The van der Waals surface area contributed by atoms with Crippen molar-refractivity contribution in [1.29, 1.82) is 0 Å². The molecule has 0 unspecified atom stereocenters. The molecule has 4 heteroatoms. The summed E-state index contributed by atoms with van der Waals surface area (Å²) < 4.78 is 0. The monoisotopic (exact) mass is 287 g/mol. The van der Waals surface area contributed by atoms with Crippen molar-refractivity contribution in [2.75, 3.05) is 6.54 Å². The SMILES string of the molecule is Cc1cc(CNCC(C)C)cnc1Sc1ccccn1. The lowest BCUT2D eigenvalue weighted by molar-refractivity contribution is 0.551. The zero-order valence-corrected chi connectivity index (χ0v) is 13.1. The van der Waals surface area contributed by atoms with E-state index in [1.54, 1.807) is 11.8 Å². The van der Waals surface area contributed by atoms with Crippen molar-refractivity contribution >= 4 is 11.8 Å². The van der Waals surface area contributed by atoms with Crippen molar-refractivity contribution < 1.29 is 0 Å². The molecular weight excluding hydrogens is 266 g/mol. The van der Waals surface area contributed by atoms with E-state index in [0.717, 1.165) is 23.1 Å². The Morgan fingerprint density at radius 1 is 1.25 bits per heavy atom. The van der Waals surface area contributed by atoms with Gasteiger partial charge in [0.2, 0.25) is 0 Å². The van der Waals surface area contributed by atoms with Gasteiger partial charge in [0, 0.05) is 18.9 Å². The van der Waals surface area contributed by atoms with Crippen LogP contribution in [0.3, 0.4) is 0 Å². The van der Waals surface area contributed by atoms with Crippen LogP contribution in [0.15, 0.2) is 46.7 Å². The maximum absolute atomic E-state index is 4.55. The van der Waals surface area contributed by atoms with E-state index in [9.17, 15) is 0 Å². The quantitative estimate of drug-likeness (QED) is 0.879. The van der Waals surface area contributed by atoms with Gasteiger partial charge in [-0.2, -0.15) is 0 Å². The number of hydrogen-bond acceptors (Lipinski definition) is 4. The zero-order valence-electron chi connectivity index (χ0n) is 12.3. The van der Waals surface area contributed by atoms with Gasteiger partial charge in [-0.15, -0.1) is 0 Å². The summed E-state index contributed by atoms with van der Waals surface area (Å²) in [6, 6.07) is 8.12. The minimum absolute atomic E-state index is 0.669. The summed E-state index contributed by atoms with van der Waals surface area (Å²) in [4.78, 5) is 8.87. The molecule has 0 bridgehead atoms. The molecule has 2 aromatic rings. The van der Waals surface area contributed by atoms with Gasteiger partial charge in [0.1, 0.15) is 10.1 Å². The number of aromatic nitrogens is 2. The second kappa shape index (κ2) is 7.41. The summed E-state index contributed by atoms with van der Waals surface area (Å²) in [5.74, 6) is 0.669. The molecule has 0 saturated carbocycles. The normalized spacial score (nSPS) is 11.0. The molecule has 2 heterocycles. The molecule has 0 aliphatic carbocycles. The van der Waals surface area contributed by atoms with Crippen LogP contribution >= 0.6 is 11.8 Å². The van der Waals surface area contributed by atoms with E-state index in [-0.39, 0.29) is 0 Å². The fourth-order valence-electron chi connectivity index (χ4n) is 1.84. The summed E-state index contributed by atoms with van der Waals surface area (Å²) in [5.41, 5.74) is 2.43. The Hall–Kier alpha value is -1.39. The molecule has 0 aliphatic rings. The molecule has 0 fully saturated rings. The van der Waals surface area contributed by atoms with Gasteiger partial charge >= 0.3 is 0 Å². The van der Waals surface area contributed by atoms with Crippen molar-refractivity contribution in [1.82, 2.24) is 15.3 Å². The summed E-state index contributed by atoms with van der Waals surface area (Å²) in [6.07, 6.45) is 3.76. The smallest absolute Gasteiger partial charge is 0.105 e. The Labute approximate surface area is 125 Å². The van der Waals surface area contributed by atoms with E-state index in [1.807, 2.05) is 30.6 Å². The Morgan fingerprint density at radius 3 is 2.75 bits per heavy atom. The molecule has 2 aromatic heterocycles. The van der Waals surface area contributed by atoms with Crippen LogP contribution in [0.25, 0.3) is 0 Å². The van der Waals surface area contributed by atoms with E-state index < -0.39 is 0 Å². The van der Waals surface area contributed by atoms with Crippen LogP contribution in [0, 0.1) is 12.8 Å². The molecule has 0 saturated heterocycles. The molecule has 0 spiro atoms. The molecule has 0 aromatic carbocycles. The Kier molecular flexibility index (Phi) is 5.56. The molecule has 0 amide bonds. The van der Waals surface area contributed by atoms with Crippen LogP contribution in [0.2, 0.25) is 0 Å². The van der Waals surface area contributed by atoms with Gasteiger partial charge in [0.25, 0.3) is 0 Å². The Bertz CT molecular complexity index is 541. The third-order valence-corrected chi connectivity index (χ3v) is 3.88. The predicted octanol–water partition coefficient (Wildman–Crippen LogP) is 3.68. The molecule has 0 atom stereocenters. The number of nitrogens with zero attached hydrogens (tertiary/aromatic N) is 2. The van der Waals surface area contributed by atoms with Gasteiger partial charge in [-0.25, -0.2) is 9.97 Å². The average Bonchev–Trinajstić information content (AvgIpc) is 2.42. The molecule has 106 valence electrons. The van der Waals surface area contributed by atoms with Crippen LogP contribution in [0.1, 0.15) is 25.0 Å². The number of pyridine rings is 2. The van der Waals surface area contributed by atoms with Crippen LogP contribution in [-0.2, 0) is 6.54 Å². The number of hydrogen-bond donors (Lipinski definition) is 1. The van der Waals surface area contributed by atoms with Crippen molar-refractivity contribution in [3.8, 4) is 0 Å². The van der Waals surface area contributed by atoms with Crippen molar-refractivity contribution in [3.63, 3.8) is 0 Å². The van der Waals surface area contributed by atoms with E-state index in [1.165, 1.54) is 11.1 Å². The molecule has 3 nitrogen and oxygen atoms in total. The molecule has 0 radical (unpaired) electrons. The third kappa shape index (κ3) is 4.62. The fourth-order valence-corrected chi connectivity index (χ4v) is 2.62. The minimum atomic E-state index is 0.669. The first-order valence-corrected chi connectivity index (χ1v) is 7.72. The van der Waals surface area contributed by atoms with Gasteiger partial charge in [0.15, 0.2) is 0 Å². The molecule has 20 heavy (non-hydrogen) atoms. The van der Waals surface area contributed by atoms with Crippen LogP contribution in [-0.4, -0.2) is 16.5 Å². The number of rotatable bonds is 6. The lowest BCUT2D eigenvalue weighted by atomic mass is 10.2. The van der Waals surface area contributed by atoms with Gasteiger partial charge < -0.3 is 5.32 Å². The van der Waals surface area contributed by atoms with Crippen molar-refractivity contribution in [2.45, 2.75) is 37.4 Å². The lowest BCUT2D eigenvalue weighted by Gasteiger charge is -2.09. The van der Waals surface area contributed by atoms with E-state index in [0.29, 0.717) is 5.92 Å². The maximum atomic E-state index is 4.55. The number of nitrogens with one attached hydrogen (secondary N) is 1. The largest absolute Gasteiger partial charge is 0.312 e. The summed E-state index contributed by atoms with van der Waals surface area (Å²) in [5, 5.41) is 5.44. The number of aryl methyl sites for hydroxylation is 1. The van der Waals surface area contributed by atoms with Crippen molar-refractivity contribution in [2.24, 2.45) is 5.92 Å². The predicted molar refractivity (Wildman–Crippen MR) is 83.9 cm³/mol. The minimum Gasteiger partial charge on any atom is -0.312 e. The first kappa shape index (κ1) is 15.0. The highest BCUT2D eigenvalue weighted by Gasteiger charge is 2.05. The first-order valence-electron chi connectivity index (χ1n) is 6.90. The van der Waals surface area contributed by atoms with Gasteiger partial charge in [0.05, 0.1) is 0 Å². The standard InChI is InChI=1S/C16H21N3S/c1-12(2)9-17-10-14-8-13(3)16(19-11-14)20-15-6-4-5-7-18-15/h4-8,11-12,17H,9-10H2,1-3H3. The molecule has 2 rings (SSSR count). The first-order chi connectivity index (χ1) is 9.65. The summed E-state index contributed by atoms with van der Waals surface area (Å²) >= 11 is 1.61. The van der Waals surface area contributed by atoms with Gasteiger partial charge in [-0.05, 0) is 54.4 Å². The van der Waals surface area contributed by atoms with E-state index >= 15 is 0 Å². The van der Waals surface area contributed by atoms with Gasteiger partial charge in [-0.3, -0.25) is 0 Å². The van der Waals surface area contributed by atoms with Crippen LogP contribution < -0.4 is 5.32 Å². The van der Waals surface area contributed by atoms with E-state index in [4.69, 9.17) is 0 Å². The van der Waals surface area contributed by atoms with Crippen molar-refractivity contribution in [3.05, 3.63) is 47.8 Å². The summed E-state index contributed by atoms with van der Waals surface area (Å²) in [6.45, 7) is 8.43. The highest BCUT2D eigenvalue weighted by molar-refractivity contribution is 7.99. The maximum Gasteiger partial charge on any atom is 0.105 e. The average molecular weight is 287 g/mol. The van der Waals surface area contributed by atoms with Gasteiger partial charge in [-0.1, -0.05) is 26.0 Å². The second-order valence-electron chi connectivity index (χ2n) is 5.26. The Morgan fingerprint density at radius 2 is 2.10 bits per heavy atom. The lowest BCUT2D eigenvalue weighted by Crippen LogP contribution is -2.19. The molecule has 0 aliphatic heterocycles. The topological polar surface area (TPSA) is 37.8 Å². The van der Waals surface area contributed by atoms with Crippen LogP contribution in [0.4, 0.5) is 0 Å². The van der Waals surface area contributed by atoms with Crippen LogP contribution in [0.5, 0.6) is 0 Å². The molecular formula is C16H21N3S. The zero-order chi connectivity index (χ0) is 14.4. The highest BCUT2D eigenvalue weighted by atomic mass is 32.2. The third-order valence-electron chi connectivity index (χ3n) is 2.81. The molecule has 1 N–H and O–H groups in total. The fraction of sp³-hybridized carbons (Fsp3) is 0.375. The summed E-state index contributed by atoms with van der Waals surface area (Å²) in [7, 11) is 0. The highest BCUT2D eigenvalue weighted by Crippen LogP contribution is 2.26. The Balaban J connectivity index is 1.99. The van der Waals surface area contributed by atoms with E-state index in [2.05, 4.69) is 42.1 Å². The second-order valence-corrected chi connectivity index (χ2v) is 6.27.